The fourth-order valence-corrected chi connectivity index (χ4v) is 3.77. The summed E-state index contributed by atoms with van der Waals surface area (Å²) in [6.07, 6.45) is 2.74. The van der Waals surface area contributed by atoms with Gasteiger partial charge in [-0.25, -0.2) is 4.79 Å². The standard InChI is InChI=1S/C19H24N4O3/c1-12-2-3-14(9-16(12)22-7-6-20-19(22)26)18(25)21-10-13-8-17(24)23(11-13)15-4-5-15/h2-3,9,13,15H,4-8,10-11H2,1H3,(H,20,26)(H,21,25)/t13-/m1/s1. The van der Waals surface area contributed by atoms with Crippen LogP contribution >= 0.6 is 0 Å². The predicted molar refractivity (Wildman–Crippen MR) is 97.1 cm³/mol. The Balaban J connectivity index is 1.39. The summed E-state index contributed by atoms with van der Waals surface area (Å²) in [6, 6.07) is 5.72. The highest BCUT2D eigenvalue weighted by atomic mass is 16.2. The number of urea groups is 1. The van der Waals surface area contributed by atoms with Gasteiger partial charge in [0.1, 0.15) is 0 Å². The maximum Gasteiger partial charge on any atom is 0.322 e. The lowest BCUT2D eigenvalue weighted by Crippen LogP contribution is -2.32. The van der Waals surface area contributed by atoms with Crippen LogP contribution in [0.2, 0.25) is 0 Å². The summed E-state index contributed by atoms with van der Waals surface area (Å²) in [7, 11) is 0. The molecule has 2 N–H and O–H groups in total. The Kier molecular flexibility index (Phi) is 4.30. The van der Waals surface area contributed by atoms with Gasteiger partial charge in [-0.1, -0.05) is 6.07 Å². The van der Waals surface area contributed by atoms with Gasteiger partial charge < -0.3 is 15.5 Å². The predicted octanol–water partition coefficient (Wildman–Crippen LogP) is 1.27. The van der Waals surface area contributed by atoms with Crippen molar-refractivity contribution in [1.29, 1.82) is 0 Å². The minimum Gasteiger partial charge on any atom is -0.352 e. The minimum atomic E-state index is -0.164. The molecule has 138 valence electrons. The number of aryl methyl sites for hydroxylation is 1. The van der Waals surface area contributed by atoms with Crippen molar-refractivity contribution >= 4 is 23.5 Å². The molecule has 1 saturated carbocycles. The van der Waals surface area contributed by atoms with Gasteiger partial charge in [-0.05, 0) is 37.5 Å². The molecule has 0 unspecified atom stereocenters. The lowest BCUT2D eigenvalue weighted by atomic mass is 10.1. The molecular weight excluding hydrogens is 332 g/mol. The van der Waals surface area contributed by atoms with Crippen LogP contribution in [0.4, 0.5) is 10.5 Å². The van der Waals surface area contributed by atoms with Crippen LogP contribution in [0, 0.1) is 12.8 Å². The number of hydrogen-bond acceptors (Lipinski definition) is 3. The van der Waals surface area contributed by atoms with Gasteiger partial charge in [0, 0.05) is 55.8 Å². The van der Waals surface area contributed by atoms with E-state index in [2.05, 4.69) is 10.6 Å². The molecule has 1 atom stereocenters. The number of carbonyl (C=O) groups is 3. The topological polar surface area (TPSA) is 81.8 Å². The van der Waals surface area contributed by atoms with E-state index in [0.717, 1.165) is 30.6 Å². The molecule has 0 bridgehead atoms. The second-order valence-corrected chi connectivity index (χ2v) is 7.44. The summed E-state index contributed by atoms with van der Waals surface area (Å²) in [5.74, 6) is 0.230. The van der Waals surface area contributed by atoms with Crippen LogP contribution in [0.1, 0.15) is 35.2 Å². The highest BCUT2D eigenvalue weighted by Gasteiger charge is 2.39. The number of nitrogens with zero attached hydrogens (tertiary/aromatic N) is 2. The van der Waals surface area contributed by atoms with Crippen LogP contribution in [0.25, 0.3) is 0 Å². The van der Waals surface area contributed by atoms with E-state index < -0.39 is 0 Å². The van der Waals surface area contributed by atoms with Crippen molar-refractivity contribution in [3.8, 4) is 0 Å². The first kappa shape index (κ1) is 16.9. The summed E-state index contributed by atoms with van der Waals surface area (Å²) < 4.78 is 0. The Hall–Kier alpha value is -2.57. The molecule has 0 aromatic heterocycles. The van der Waals surface area contributed by atoms with Gasteiger partial charge in [0.25, 0.3) is 5.91 Å². The number of likely N-dealkylation sites (tertiary alicyclic amines) is 1. The van der Waals surface area contributed by atoms with Gasteiger partial charge in [0.15, 0.2) is 0 Å². The van der Waals surface area contributed by atoms with Crippen molar-refractivity contribution in [2.75, 3.05) is 31.1 Å². The van der Waals surface area contributed by atoms with E-state index in [9.17, 15) is 14.4 Å². The Labute approximate surface area is 152 Å². The number of anilines is 1. The van der Waals surface area contributed by atoms with E-state index in [1.165, 1.54) is 0 Å². The molecule has 1 aromatic carbocycles. The number of nitrogens with one attached hydrogen (secondary N) is 2. The highest BCUT2D eigenvalue weighted by Crippen LogP contribution is 2.32. The molecule has 4 amide bonds. The molecule has 3 fully saturated rings. The maximum absolute atomic E-state index is 12.5. The normalized spacial score (nSPS) is 22.7. The molecule has 7 nitrogen and oxygen atoms in total. The average molecular weight is 356 g/mol. The molecule has 0 spiro atoms. The van der Waals surface area contributed by atoms with E-state index in [0.29, 0.717) is 37.7 Å². The molecular formula is C19H24N4O3. The number of amides is 4. The smallest absolute Gasteiger partial charge is 0.322 e. The van der Waals surface area contributed by atoms with E-state index in [1.54, 1.807) is 17.0 Å². The molecule has 7 heteroatoms. The van der Waals surface area contributed by atoms with Crippen molar-refractivity contribution < 1.29 is 14.4 Å². The van der Waals surface area contributed by atoms with Crippen molar-refractivity contribution in [3.05, 3.63) is 29.3 Å². The summed E-state index contributed by atoms with van der Waals surface area (Å²) in [5.41, 5.74) is 2.26. The quantitative estimate of drug-likeness (QED) is 0.833. The zero-order valence-electron chi connectivity index (χ0n) is 15.0. The highest BCUT2D eigenvalue weighted by molar-refractivity contribution is 5.99. The largest absolute Gasteiger partial charge is 0.352 e. The zero-order valence-corrected chi connectivity index (χ0v) is 15.0. The van der Waals surface area contributed by atoms with Crippen LogP contribution in [0.3, 0.4) is 0 Å². The first-order chi connectivity index (χ1) is 12.5. The second kappa shape index (κ2) is 6.63. The molecule has 2 heterocycles. The fraction of sp³-hybridized carbons (Fsp3) is 0.526. The van der Waals surface area contributed by atoms with Crippen molar-refractivity contribution in [2.24, 2.45) is 5.92 Å². The van der Waals surface area contributed by atoms with Gasteiger partial charge in [-0.3, -0.25) is 14.5 Å². The lowest BCUT2D eigenvalue weighted by molar-refractivity contribution is -0.128. The van der Waals surface area contributed by atoms with Crippen LogP contribution < -0.4 is 15.5 Å². The van der Waals surface area contributed by atoms with E-state index >= 15 is 0 Å². The molecule has 1 aliphatic carbocycles. The summed E-state index contributed by atoms with van der Waals surface area (Å²) >= 11 is 0. The van der Waals surface area contributed by atoms with Crippen LogP contribution in [0.15, 0.2) is 18.2 Å². The van der Waals surface area contributed by atoms with Gasteiger partial charge in [0.2, 0.25) is 5.91 Å². The number of hydrogen-bond donors (Lipinski definition) is 2. The summed E-state index contributed by atoms with van der Waals surface area (Å²) in [6.45, 7) is 4.39. The lowest BCUT2D eigenvalue weighted by Gasteiger charge is -2.18. The Morgan fingerprint density at radius 1 is 1.31 bits per heavy atom. The average Bonchev–Trinajstić information content (AvgIpc) is 3.27. The molecule has 0 radical (unpaired) electrons. The van der Waals surface area contributed by atoms with Crippen LogP contribution in [-0.4, -0.2) is 55.0 Å². The van der Waals surface area contributed by atoms with Gasteiger partial charge in [-0.2, -0.15) is 0 Å². The molecule has 1 aromatic rings. The Morgan fingerprint density at radius 2 is 2.12 bits per heavy atom. The summed E-state index contributed by atoms with van der Waals surface area (Å²) in [5, 5.41) is 5.73. The first-order valence-corrected chi connectivity index (χ1v) is 9.26. The van der Waals surface area contributed by atoms with Crippen molar-refractivity contribution in [1.82, 2.24) is 15.5 Å². The Bertz CT molecular complexity index is 759. The third-order valence-electron chi connectivity index (χ3n) is 5.40. The second-order valence-electron chi connectivity index (χ2n) is 7.44. The van der Waals surface area contributed by atoms with Crippen LogP contribution in [-0.2, 0) is 4.79 Å². The maximum atomic E-state index is 12.5. The fourth-order valence-electron chi connectivity index (χ4n) is 3.77. The van der Waals surface area contributed by atoms with Crippen molar-refractivity contribution in [3.63, 3.8) is 0 Å². The van der Waals surface area contributed by atoms with Gasteiger partial charge in [-0.15, -0.1) is 0 Å². The Morgan fingerprint density at radius 3 is 2.81 bits per heavy atom. The van der Waals surface area contributed by atoms with Crippen molar-refractivity contribution in [2.45, 2.75) is 32.2 Å². The summed E-state index contributed by atoms with van der Waals surface area (Å²) in [4.78, 5) is 40.1. The SMILES string of the molecule is Cc1ccc(C(=O)NC[C@H]2CC(=O)N(C3CC3)C2)cc1N1CCNC1=O. The van der Waals surface area contributed by atoms with E-state index in [-0.39, 0.29) is 23.8 Å². The molecule has 2 saturated heterocycles. The van der Waals surface area contributed by atoms with Crippen LogP contribution in [0.5, 0.6) is 0 Å². The molecule has 26 heavy (non-hydrogen) atoms. The number of carbonyl (C=O) groups excluding carboxylic acids is 3. The zero-order chi connectivity index (χ0) is 18.3. The van der Waals surface area contributed by atoms with E-state index in [4.69, 9.17) is 0 Å². The van der Waals surface area contributed by atoms with Gasteiger partial charge >= 0.3 is 6.03 Å². The molecule has 4 rings (SSSR count). The monoisotopic (exact) mass is 356 g/mol. The third kappa shape index (κ3) is 3.25. The third-order valence-corrected chi connectivity index (χ3v) is 5.40. The number of rotatable bonds is 5. The van der Waals surface area contributed by atoms with E-state index in [1.807, 2.05) is 17.9 Å². The first-order valence-electron chi connectivity index (χ1n) is 9.26. The van der Waals surface area contributed by atoms with Gasteiger partial charge in [0.05, 0.1) is 0 Å². The molecule has 2 aliphatic heterocycles. The molecule has 3 aliphatic rings. The minimum absolute atomic E-state index is 0.129. The number of benzene rings is 1.